The largest absolute Gasteiger partial charge is 0.456 e. The Morgan fingerprint density at radius 3 is 2.68 bits per heavy atom. The second-order valence-electron chi connectivity index (χ2n) is 6.93. The minimum atomic E-state index is 0.471. The summed E-state index contributed by atoms with van der Waals surface area (Å²) in [4.78, 5) is 0. The number of fused-ring (bicyclic) bond motifs is 3. The molecule has 0 aromatic carbocycles. The summed E-state index contributed by atoms with van der Waals surface area (Å²) in [5.41, 5.74) is 2.30. The molecule has 22 heavy (non-hydrogen) atoms. The normalized spacial score (nSPS) is 27.3. The molecule has 0 amide bonds. The Labute approximate surface area is 132 Å². The summed E-state index contributed by atoms with van der Waals surface area (Å²) in [5.74, 6) is 2.80. The van der Waals surface area contributed by atoms with Crippen LogP contribution in [0.5, 0.6) is 0 Å². The minimum Gasteiger partial charge on any atom is -0.456 e. The Bertz CT molecular complexity index is 751. The summed E-state index contributed by atoms with van der Waals surface area (Å²) in [6, 6.07) is 0. The van der Waals surface area contributed by atoms with Gasteiger partial charge < -0.3 is 4.42 Å². The van der Waals surface area contributed by atoms with Crippen molar-refractivity contribution in [2.75, 3.05) is 0 Å². The van der Waals surface area contributed by atoms with Gasteiger partial charge in [-0.3, -0.25) is 0 Å². The van der Waals surface area contributed by atoms with E-state index in [1.165, 1.54) is 42.9 Å². The SMILES string of the molecule is C[C@@H]1C=Cc2oc3c(c2C=C1)=CC=CC(C1CCCCC1)C=3. The molecule has 0 spiro atoms. The molecular weight excluding hydrogens is 268 g/mol. The third kappa shape index (κ3) is 2.54. The van der Waals surface area contributed by atoms with Crippen molar-refractivity contribution in [1.29, 1.82) is 0 Å². The van der Waals surface area contributed by atoms with Crippen LogP contribution in [0.2, 0.25) is 0 Å². The third-order valence-corrected chi connectivity index (χ3v) is 5.29. The molecule has 3 aliphatic rings. The minimum absolute atomic E-state index is 0.471. The summed E-state index contributed by atoms with van der Waals surface area (Å²) < 4.78 is 6.19. The van der Waals surface area contributed by atoms with Crippen LogP contribution in [0.3, 0.4) is 0 Å². The molecule has 1 fully saturated rings. The smallest absolute Gasteiger partial charge is 0.135 e. The van der Waals surface area contributed by atoms with Crippen LogP contribution in [-0.4, -0.2) is 0 Å². The van der Waals surface area contributed by atoms with Crippen molar-refractivity contribution >= 4 is 24.3 Å². The van der Waals surface area contributed by atoms with E-state index in [9.17, 15) is 0 Å². The topological polar surface area (TPSA) is 13.1 Å². The van der Waals surface area contributed by atoms with Gasteiger partial charge in [0.25, 0.3) is 0 Å². The summed E-state index contributed by atoms with van der Waals surface area (Å²) in [6.45, 7) is 2.20. The molecule has 2 atom stereocenters. The van der Waals surface area contributed by atoms with E-state index in [0.29, 0.717) is 11.8 Å². The zero-order chi connectivity index (χ0) is 14.9. The zero-order valence-electron chi connectivity index (χ0n) is 13.3. The number of allylic oxidation sites excluding steroid dienone is 4. The number of rotatable bonds is 1. The molecule has 0 aliphatic heterocycles. The fourth-order valence-corrected chi connectivity index (χ4v) is 3.96. The van der Waals surface area contributed by atoms with Gasteiger partial charge in [-0.1, -0.05) is 62.6 Å². The maximum Gasteiger partial charge on any atom is 0.135 e. The molecule has 1 aromatic rings. The van der Waals surface area contributed by atoms with Gasteiger partial charge in [0.15, 0.2) is 0 Å². The average Bonchev–Trinajstić information content (AvgIpc) is 2.70. The highest BCUT2D eigenvalue weighted by atomic mass is 16.3. The number of furan rings is 1. The van der Waals surface area contributed by atoms with E-state index in [-0.39, 0.29) is 0 Å². The average molecular weight is 292 g/mol. The molecule has 3 aliphatic carbocycles. The second kappa shape index (κ2) is 5.79. The highest BCUT2D eigenvalue weighted by Gasteiger charge is 2.21. The van der Waals surface area contributed by atoms with E-state index in [1.807, 2.05) is 0 Å². The lowest BCUT2D eigenvalue weighted by molar-refractivity contribution is 0.325. The molecule has 1 aromatic heterocycles. The molecule has 1 heterocycles. The Hall–Kier alpha value is -1.76. The van der Waals surface area contributed by atoms with Crippen LogP contribution in [-0.2, 0) is 0 Å². The lowest BCUT2D eigenvalue weighted by Crippen LogP contribution is -2.23. The molecular formula is C21H24O. The molecule has 4 rings (SSSR count). The van der Waals surface area contributed by atoms with Crippen molar-refractivity contribution in [3.8, 4) is 0 Å². The number of hydrogen-bond donors (Lipinski definition) is 0. The van der Waals surface area contributed by atoms with Gasteiger partial charge >= 0.3 is 0 Å². The summed E-state index contributed by atoms with van der Waals surface area (Å²) in [7, 11) is 0. The molecule has 0 radical (unpaired) electrons. The van der Waals surface area contributed by atoms with Crippen LogP contribution in [0.1, 0.15) is 50.4 Å². The molecule has 1 unspecified atom stereocenters. The van der Waals surface area contributed by atoms with Crippen LogP contribution in [0.15, 0.2) is 28.7 Å². The van der Waals surface area contributed by atoms with E-state index in [1.54, 1.807) is 0 Å². The molecule has 1 heteroatoms. The fourth-order valence-electron chi connectivity index (χ4n) is 3.96. The summed E-state index contributed by atoms with van der Waals surface area (Å²) >= 11 is 0. The highest BCUT2D eigenvalue weighted by Crippen LogP contribution is 2.32. The Morgan fingerprint density at radius 2 is 1.82 bits per heavy atom. The van der Waals surface area contributed by atoms with Gasteiger partial charge in [-0.15, -0.1) is 0 Å². The van der Waals surface area contributed by atoms with Crippen molar-refractivity contribution in [1.82, 2.24) is 0 Å². The molecule has 0 saturated heterocycles. The van der Waals surface area contributed by atoms with Crippen molar-refractivity contribution in [2.45, 2.75) is 39.0 Å². The molecule has 114 valence electrons. The maximum absolute atomic E-state index is 6.19. The van der Waals surface area contributed by atoms with Crippen LogP contribution in [0, 0.1) is 17.8 Å². The van der Waals surface area contributed by atoms with Crippen LogP contribution >= 0.6 is 0 Å². The highest BCUT2D eigenvalue weighted by molar-refractivity contribution is 5.67. The van der Waals surface area contributed by atoms with Crippen molar-refractivity contribution in [3.05, 3.63) is 46.3 Å². The third-order valence-electron chi connectivity index (χ3n) is 5.29. The predicted octanol–water partition coefficient (Wildman–Crippen LogP) is 4.28. The van der Waals surface area contributed by atoms with Crippen molar-refractivity contribution < 1.29 is 4.42 Å². The predicted molar refractivity (Wildman–Crippen MR) is 93.3 cm³/mol. The molecule has 0 bridgehead atoms. The van der Waals surface area contributed by atoms with Crippen molar-refractivity contribution in [2.24, 2.45) is 17.8 Å². The van der Waals surface area contributed by atoms with E-state index in [4.69, 9.17) is 4.42 Å². The summed E-state index contributed by atoms with van der Waals surface area (Å²) in [5, 5.41) is 1.25. The van der Waals surface area contributed by atoms with Crippen LogP contribution in [0.4, 0.5) is 0 Å². The second-order valence-corrected chi connectivity index (χ2v) is 6.93. The first kappa shape index (κ1) is 13.9. The summed E-state index contributed by atoms with van der Waals surface area (Å²) in [6.07, 6.45) is 24.9. The quantitative estimate of drug-likeness (QED) is 0.753. The molecule has 1 saturated carbocycles. The van der Waals surface area contributed by atoms with Crippen molar-refractivity contribution in [3.63, 3.8) is 0 Å². The first-order chi connectivity index (χ1) is 10.8. The van der Waals surface area contributed by atoms with Gasteiger partial charge in [-0.05, 0) is 36.8 Å². The standard InChI is InChI=1S/C21H24O/c1-15-10-12-19-18-9-5-8-17(16-6-3-2-4-7-16)14-21(18)22-20(19)13-11-15/h5,8-17H,2-4,6-7H2,1H3/t15-,17?/m0/s1. The van der Waals surface area contributed by atoms with Gasteiger partial charge in [0.2, 0.25) is 0 Å². The van der Waals surface area contributed by atoms with Crippen LogP contribution < -0.4 is 10.6 Å². The van der Waals surface area contributed by atoms with Gasteiger partial charge in [0.1, 0.15) is 11.2 Å². The van der Waals surface area contributed by atoms with E-state index < -0.39 is 0 Å². The number of hydrogen-bond acceptors (Lipinski definition) is 1. The lowest BCUT2D eigenvalue weighted by Gasteiger charge is -2.25. The first-order valence-electron chi connectivity index (χ1n) is 8.71. The Balaban J connectivity index is 1.77. The fraction of sp³-hybridized carbons (Fsp3) is 0.429. The molecule has 0 N–H and O–H groups in total. The van der Waals surface area contributed by atoms with Gasteiger partial charge in [0.05, 0.1) is 0 Å². The van der Waals surface area contributed by atoms with Gasteiger partial charge in [-0.25, -0.2) is 0 Å². The van der Waals surface area contributed by atoms with Crippen LogP contribution in [0.25, 0.3) is 24.3 Å². The van der Waals surface area contributed by atoms with E-state index in [0.717, 1.165) is 17.1 Å². The maximum atomic E-state index is 6.19. The first-order valence-corrected chi connectivity index (χ1v) is 8.71. The lowest BCUT2D eigenvalue weighted by atomic mass is 9.80. The van der Waals surface area contributed by atoms with E-state index in [2.05, 4.69) is 55.5 Å². The van der Waals surface area contributed by atoms with Gasteiger partial charge in [0, 0.05) is 16.7 Å². The van der Waals surface area contributed by atoms with E-state index >= 15 is 0 Å². The monoisotopic (exact) mass is 292 g/mol. The van der Waals surface area contributed by atoms with Gasteiger partial charge in [-0.2, -0.15) is 0 Å². The Kier molecular flexibility index (Phi) is 3.65. The Morgan fingerprint density at radius 1 is 1.00 bits per heavy atom. The zero-order valence-corrected chi connectivity index (χ0v) is 13.3. The molecule has 1 nitrogen and oxygen atoms in total.